The first-order valence-electron chi connectivity index (χ1n) is 6.97. The Bertz CT molecular complexity index is 755. The van der Waals surface area contributed by atoms with E-state index in [-0.39, 0.29) is 12.8 Å². The van der Waals surface area contributed by atoms with Gasteiger partial charge >= 0.3 is 11.5 Å². The molecule has 0 saturated heterocycles. The molecule has 0 radical (unpaired) electrons. The molecule has 1 unspecified atom stereocenters. The third-order valence-corrected chi connectivity index (χ3v) is 3.42. The second-order valence-electron chi connectivity index (χ2n) is 5.09. The predicted molar refractivity (Wildman–Crippen MR) is 84.1 cm³/mol. The Morgan fingerprint density at radius 2 is 2.22 bits per heavy atom. The maximum Gasteiger partial charge on any atom is 0.394 e. The molecule has 116 valence electrons. The van der Waals surface area contributed by atoms with E-state index in [0.29, 0.717) is 12.2 Å². The van der Waals surface area contributed by atoms with E-state index >= 15 is 0 Å². The van der Waals surface area contributed by atoms with Gasteiger partial charge < -0.3 is 4.74 Å². The van der Waals surface area contributed by atoms with Gasteiger partial charge in [-0.3, -0.25) is 4.85 Å². The van der Waals surface area contributed by atoms with Crippen molar-refractivity contribution >= 4 is 5.97 Å². The first kappa shape index (κ1) is 16.3. The fourth-order valence-electron chi connectivity index (χ4n) is 2.26. The number of hydrogen-bond donors (Lipinski definition) is 0. The number of terminal acetylenes is 1. The van der Waals surface area contributed by atoms with Crippen molar-refractivity contribution in [2.75, 3.05) is 7.11 Å². The first-order chi connectivity index (χ1) is 11.1. The van der Waals surface area contributed by atoms with Gasteiger partial charge in [0.15, 0.2) is 0 Å². The number of methoxy groups -OCH3 is 1. The summed E-state index contributed by atoms with van der Waals surface area (Å²) in [6, 6.07) is 9.80. The van der Waals surface area contributed by atoms with Crippen molar-refractivity contribution < 1.29 is 9.53 Å². The molecule has 1 atom stereocenters. The molecule has 0 amide bonds. The highest BCUT2D eigenvalue weighted by Gasteiger charge is 2.47. The normalized spacial score (nSPS) is 12.7. The quantitative estimate of drug-likeness (QED) is 0.463. The van der Waals surface area contributed by atoms with Crippen LogP contribution in [0.4, 0.5) is 0 Å². The van der Waals surface area contributed by atoms with Crippen LogP contribution in [0.5, 0.6) is 0 Å². The summed E-state index contributed by atoms with van der Waals surface area (Å²) in [7, 11) is 1.24. The molecule has 0 spiro atoms. The molecule has 6 nitrogen and oxygen atoms in total. The van der Waals surface area contributed by atoms with Gasteiger partial charge in [-0.25, -0.2) is 16.0 Å². The van der Waals surface area contributed by atoms with Crippen molar-refractivity contribution in [3.8, 4) is 12.3 Å². The molecular formula is C17H16N4O2. The van der Waals surface area contributed by atoms with Crippen molar-refractivity contribution in [1.82, 2.24) is 15.0 Å². The summed E-state index contributed by atoms with van der Waals surface area (Å²) in [4.78, 5) is 15.4. The van der Waals surface area contributed by atoms with E-state index in [0.717, 1.165) is 5.56 Å². The summed E-state index contributed by atoms with van der Waals surface area (Å²) in [6.07, 6.45) is 7.05. The molecule has 23 heavy (non-hydrogen) atoms. The van der Waals surface area contributed by atoms with E-state index in [1.54, 1.807) is 10.9 Å². The number of carbonyl (C=O) groups is 1. The lowest BCUT2D eigenvalue weighted by Crippen LogP contribution is -2.38. The Balaban J connectivity index is 2.18. The molecule has 1 aromatic carbocycles. The SMILES string of the molecule is [C-]#[N+]C(CC#C)(Cc1cn(Cc2ccccc2)nn1)C(=O)OC. The van der Waals surface area contributed by atoms with Gasteiger partial charge in [-0.05, 0) is 5.56 Å². The van der Waals surface area contributed by atoms with Crippen LogP contribution in [-0.2, 0) is 22.5 Å². The summed E-state index contributed by atoms with van der Waals surface area (Å²) in [5, 5.41) is 8.07. The van der Waals surface area contributed by atoms with Crippen LogP contribution < -0.4 is 0 Å². The Morgan fingerprint density at radius 1 is 1.48 bits per heavy atom. The third-order valence-electron chi connectivity index (χ3n) is 3.42. The van der Waals surface area contributed by atoms with Gasteiger partial charge in [0.05, 0.1) is 32.2 Å². The fourth-order valence-corrected chi connectivity index (χ4v) is 2.26. The lowest BCUT2D eigenvalue weighted by atomic mass is 9.91. The van der Waals surface area contributed by atoms with Crippen LogP contribution in [0, 0.1) is 18.9 Å². The van der Waals surface area contributed by atoms with Gasteiger partial charge in [-0.15, -0.1) is 11.5 Å². The van der Waals surface area contributed by atoms with E-state index in [2.05, 4.69) is 21.1 Å². The number of benzene rings is 1. The third kappa shape index (κ3) is 3.75. The number of ether oxygens (including phenoxy) is 1. The molecule has 1 heterocycles. The number of aromatic nitrogens is 3. The van der Waals surface area contributed by atoms with Crippen molar-refractivity contribution in [3.05, 3.63) is 59.2 Å². The highest BCUT2D eigenvalue weighted by molar-refractivity contribution is 5.83. The fraction of sp³-hybridized carbons (Fsp3) is 0.294. The zero-order chi connectivity index (χ0) is 16.7. The highest BCUT2D eigenvalue weighted by Crippen LogP contribution is 2.23. The molecule has 0 fully saturated rings. The number of hydrogen-bond acceptors (Lipinski definition) is 4. The van der Waals surface area contributed by atoms with Crippen LogP contribution in [0.3, 0.4) is 0 Å². The van der Waals surface area contributed by atoms with E-state index < -0.39 is 11.5 Å². The summed E-state index contributed by atoms with van der Waals surface area (Å²) in [5.74, 6) is 1.72. The molecule has 0 N–H and O–H groups in total. The number of carbonyl (C=O) groups excluding carboxylic acids is 1. The van der Waals surface area contributed by atoms with Gasteiger partial charge in [0.1, 0.15) is 0 Å². The van der Waals surface area contributed by atoms with Crippen LogP contribution in [-0.4, -0.2) is 33.6 Å². The standard InChI is InChI=1S/C17H16N4O2/c1-4-10-17(18-2,16(22)23-3)11-15-13-21(20-19-15)12-14-8-6-5-7-9-14/h1,5-9,13H,10-12H2,3H3. The van der Waals surface area contributed by atoms with E-state index in [4.69, 9.17) is 17.7 Å². The lowest BCUT2D eigenvalue weighted by molar-refractivity contribution is -0.145. The summed E-state index contributed by atoms with van der Waals surface area (Å²) in [6.45, 7) is 7.92. The highest BCUT2D eigenvalue weighted by atomic mass is 16.5. The Hall–Kier alpha value is -3.12. The minimum Gasteiger partial charge on any atom is -0.463 e. The van der Waals surface area contributed by atoms with Crippen LogP contribution in [0.25, 0.3) is 4.85 Å². The number of nitrogens with zero attached hydrogens (tertiary/aromatic N) is 4. The molecule has 0 aliphatic heterocycles. The molecule has 2 aromatic rings. The van der Waals surface area contributed by atoms with Gasteiger partial charge in [-0.2, -0.15) is 0 Å². The Labute approximate surface area is 134 Å². The minimum atomic E-state index is -1.45. The molecule has 0 saturated carbocycles. The van der Waals surface area contributed by atoms with Gasteiger partial charge in [-0.1, -0.05) is 41.5 Å². The average molecular weight is 308 g/mol. The number of rotatable bonds is 6. The minimum absolute atomic E-state index is 0.0330. The van der Waals surface area contributed by atoms with Crippen molar-refractivity contribution in [3.63, 3.8) is 0 Å². The zero-order valence-electron chi connectivity index (χ0n) is 12.8. The van der Waals surface area contributed by atoms with Gasteiger partial charge in [0.2, 0.25) is 0 Å². The van der Waals surface area contributed by atoms with E-state index in [1.807, 2.05) is 30.3 Å². The summed E-state index contributed by atoms with van der Waals surface area (Å²) >= 11 is 0. The van der Waals surface area contributed by atoms with Crippen molar-refractivity contribution in [2.24, 2.45) is 0 Å². The zero-order valence-corrected chi connectivity index (χ0v) is 12.8. The largest absolute Gasteiger partial charge is 0.463 e. The van der Waals surface area contributed by atoms with Gasteiger partial charge in [0, 0.05) is 6.20 Å². The summed E-state index contributed by atoms with van der Waals surface area (Å²) < 4.78 is 6.39. The second-order valence-corrected chi connectivity index (χ2v) is 5.09. The van der Waals surface area contributed by atoms with Crippen LogP contribution in [0.2, 0.25) is 0 Å². The van der Waals surface area contributed by atoms with Crippen molar-refractivity contribution in [2.45, 2.75) is 24.9 Å². The average Bonchev–Trinajstić information content (AvgIpc) is 3.01. The lowest BCUT2D eigenvalue weighted by Gasteiger charge is -2.15. The maximum absolute atomic E-state index is 12.0. The molecular weight excluding hydrogens is 292 g/mol. The topological polar surface area (TPSA) is 61.4 Å². The molecule has 6 heteroatoms. The first-order valence-corrected chi connectivity index (χ1v) is 6.97. The Kier molecular flexibility index (Phi) is 5.11. The molecule has 0 aliphatic carbocycles. The molecule has 2 rings (SSSR count). The van der Waals surface area contributed by atoms with Gasteiger partial charge in [0.25, 0.3) is 0 Å². The smallest absolute Gasteiger partial charge is 0.394 e. The number of esters is 1. The van der Waals surface area contributed by atoms with Crippen LogP contribution >= 0.6 is 0 Å². The monoisotopic (exact) mass is 308 g/mol. The van der Waals surface area contributed by atoms with Crippen LogP contribution in [0.1, 0.15) is 17.7 Å². The predicted octanol–water partition coefficient (Wildman–Crippen LogP) is 1.72. The summed E-state index contributed by atoms with van der Waals surface area (Å²) in [5.41, 5.74) is 0.159. The van der Waals surface area contributed by atoms with E-state index in [1.165, 1.54) is 7.11 Å². The van der Waals surface area contributed by atoms with Crippen LogP contribution in [0.15, 0.2) is 36.5 Å². The maximum atomic E-state index is 12.0. The Morgan fingerprint density at radius 3 is 2.83 bits per heavy atom. The molecule has 1 aromatic heterocycles. The van der Waals surface area contributed by atoms with E-state index in [9.17, 15) is 4.79 Å². The second kappa shape index (κ2) is 7.24. The molecule has 0 bridgehead atoms. The van der Waals surface area contributed by atoms with Crippen molar-refractivity contribution in [1.29, 1.82) is 0 Å². The molecule has 0 aliphatic rings.